The Morgan fingerprint density at radius 1 is 0.759 bits per heavy atom. The fourth-order valence-corrected chi connectivity index (χ4v) is 12.4. The molecule has 54 heavy (non-hydrogen) atoms. The molecule has 4 aromatic rings. The van der Waals surface area contributed by atoms with Crippen LogP contribution >= 0.6 is 0 Å². The lowest BCUT2D eigenvalue weighted by Crippen LogP contribution is -2.67. The van der Waals surface area contributed by atoms with Crippen molar-refractivity contribution in [1.29, 1.82) is 0 Å². The van der Waals surface area contributed by atoms with Gasteiger partial charge in [0.05, 0.1) is 12.7 Å². The zero-order valence-corrected chi connectivity index (χ0v) is 35.2. The average Bonchev–Trinajstić information content (AvgIpc) is 3.08. The molecule has 12 heteroatoms. The molecular formula is C42H50F3NO5SSi2. The Bertz CT molecular complexity index is 2010. The number of nitrogens with zero attached hydrogens (tertiary/aromatic N) is 1. The van der Waals surface area contributed by atoms with Gasteiger partial charge < -0.3 is 8.85 Å². The SMILES string of the molecule is Cc1ccc(S(=O)(=O)ON=C(c2ccc(C#CC[C@@H](CO[Si](c3ccccc3)(c3ccccc3)C(C)(C)C)O[Si](C)(C)C(C)(C)C)cc2)C(F)(F)F)cc1. The van der Waals surface area contributed by atoms with Crippen molar-refractivity contribution in [3.8, 4) is 11.8 Å². The van der Waals surface area contributed by atoms with E-state index in [4.69, 9.17) is 8.85 Å². The summed E-state index contributed by atoms with van der Waals surface area (Å²) in [6, 6.07) is 31.5. The Balaban J connectivity index is 1.62. The number of rotatable bonds is 12. The van der Waals surface area contributed by atoms with Gasteiger partial charge in [-0.3, -0.25) is 4.28 Å². The van der Waals surface area contributed by atoms with Gasteiger partial charge in [-0.05, 0) is 64.7 Å². The van der Waals surface area contributed by atoms with Crippen molar-refractivity contribution in [3.63, 3.8) is 0 Å². The predicted octanol–water partition coefficient (Wildman–Crippen LogP) is 9.38. The molecule has 6 nitrogen and oxygen atoms in total. The van der Waals surface area contributed by atoms with Gasteiger partial charge in [0.1, 0.15) is 4.90 Å². The van der Waals surface area contributed by atoms with Crippen molar-refractivity contribution < 1.29 is 34.7 Å². The Labute approximate surface area is 321 Å². The highest BCUT2D eigenvalue weighted by Crippen LogP contribution is 2.39. The number of benzene rings is 4. The van der Waals surface area contributed by atoms with Crippen LogP contribution in [0.15, 0.2) is 119 Å². The molecule has 0 N–H and O–H groups in total. The maximum Gasteiger partial charge on any atom is 0.437 e. The quantitative estimate of drug-likeness (QED) is 0.0619. The summed E-state index contributed by atoms with van der Waals surface area (Å²) in [6.07, 6.45) is -5.04. The number of hydrogen-bond acceptors (Lipinski definition) is 6. The molecule has 0 aliphatic rings. The van der Waals surface area contributed by atoms with Crippen LogP contribution in [0.3, 0.4) is 0 Å². The minimum Gasteiger partial charge on any atom is -0.411 e. The highest BCUT2D eigenvalue weighted by Gasteiger charge is 2.51. The fourth-order valence-electron chi connectivity index (χ4n) is 5.79. The molecule has 0 aliphatic carbocycles. The van der Waals surface area contributed by atoms with Crippen molar-refractivity contribution in [1.82, 2.24) is 0 Å². The minimum absolute atomic E-state index is 0.0765. The van der Waals surface area contributed by atoms with E-state index in [2.05, 4.69) is 100 Å². The molecular weight excluding hydrogens is 744 g/mol. The van der Waals surface area contributed by atoms with Crippen molar-refractivity contribution >= 4 is 42.8 Å². The average molecular weight is 794 g/mol. The third-order valence-corrected chi connectivity index (χ3v) is 20.4. The molecule has 0 radical (unpaired) electrons. The normalized spacial score (nSPS) is 13.9. The van der Waals surface area contributed by atoms with Crippen LogP contribution in [0.1, 0.15) is 64.7 Å². The van der Waals surface area contributed by atoms with E-state index in [9.17, 15) is 21.6 Å². The topological polar surface area (TPSA) is 74.2 Å². The van der Waals surface area contributed by atoms with E-state index in [1.165, 1.54) is 48.5 Å². The van der Waals surface area contributed by atoms with Crippen LogP contribution < -0.4 is 10.4 Å². The zero-order chi connectivity index (χ0) is 40.0. The summed E-state index contributed by atoms with van der Waals surface area (Å²) >= 11 is 0. The second-order valence-electron chi connectivity index (χ2n) is 15.8. The lowest BCUT2D eigenvalue weighted by molar-refractivity contribution is -0.0597. The smallest absolute Gasteiger partial charge is 0.411 e. The summed E-state index contributed by atoms with van der Waals surface area (Å²) in [5.74, 6) is 6.27. The van der Waals surface area contributed by atoms with Gasteiger partial charge in [-0.25, -0.2) is 0 Å². The molecule has 0 aliphatic heterocycles. The molecule has 0 saturated heterocycles. The molecule has 0 saturated carbocycles. The third kappa shape index (κ3) is 10.4. The lowest BCUT2D eigenvalue weighted by Gasteiger charge is -2.45. The third-order valence-electron chi connectivity index (χ3n) is 9.70. The predicted molar refractivity (Wildman–Crippen MR) is 216 cm³/mol. The summed E-state index contributed by atoms with van der Waals surface area (Å²) in [4.78, 5) is -0.309. The maximum atomic E-state index is 14.0. The minimum atomic E-state index is -4.99. The molecule has 288 valence electrons. The van der Waals surface area contributed by atoms with Gasteiger partial charge in [0.25, 0.3) is 8.32 Å². The van der Waals surface area contributed by atoms with Gasteiger partial charge >= 0.3 is 16.3 Å². The first-order valence-corrected chi connectivity index (χ1v) is 24.0. The molecule has 4 rings (SSSR count). The fraction of sp³-hybridized carbons (Fsp3) is 0.357. The first-order valence-electron chi connectivity index (χ1n) is 17.7. The first kappa shape index (κ1) is 42.7. The van der Waals surface area contributed by atoms with Crippen molar-refractivity contribution in [2.45, 2.75) is 95.2 Å². The summed E-state index contributed by atoms with van der Waals surface area (Å²) in [5, 5.41) is 5.04. The van der Waals surface area contributed by atoms with Crippen molar-refractivity contribution in [3.05, 3.63) is 126 Å². The monoisotopic (exact) mass is 793 g/mol. The van der Waals surface area contributed by atoms with E-state index < -0.39 is 38.6 Å². The molecule has 0 bridgehead atoms. The summed E-state index contributed by atoms with van der Waals surface area (Å²) < 4.78 is 85.9. The molecule has 0 fully saturated rings. The highest BCUT2D eigenvalue weighted by molar-refractivity contribution is 7.86. The van der Waals surface area contributed by atoms with Gasteiger partial charge in [-0.2, -0.15) is 21.6 Å². The lowest BCUT2D eigenvalue weighted by atomic mass is 10.1. The summed E-state index contributed by atoms with van der Waals surface area (Å²) in [6.45, 7) is 19.6. The zero-order valence-electron chi connectivity index (χ0n) is 32.4. The number of halogens is 3. The number of oxime groups is 1. The number of alkyl halides is 3. The second kappa shape index (κ2) is 16.8. The van der Waals surface area contributed by atoms with E-state index in [1.54, 1.807) is 6.92 Å². The molecule has 0 amide bonds. The van der Waals surface area contributed by atoms with E-state index in [0.717, 1.165) is 15.9 Å². The molecule has 0 aromatic heterocycles. The van der Waals surface area contributed by atoms with Gasteiger partial charge in [0.15, 0.2) is 14.0 Å². The van der Waals surface area contributed by atoms with Crippen molar-refractivity contribution in [2.24, 2.45) is 5.16 Å². The van der Waals surface area contributed by atoms with Gasteiger partial charge in [0.2, 0.25) is 0 Å². The van der Waals surface area contributed by atoms with Crippen molar-refractivity contribution in [2.75, 3.05) is 6.61 Å². The van der Waals surface area contributed by atoms with E-state index in [0.29, 0.717) is 18.6 Å². The Hall–Kier alpha value is -4.00. The van der Waals surface area contributed by atoms with Gasteiger partial charge in [-0.15, -0.1) is 0 Å². The summed E-state index contributed by atoms with van der Waals surface area (Å²) in [5.41, 5.74) is -0.614. The van der Waals surface area contributed by atoms with Crippen LogP contribution in [0.4, 0.5) is 13.2 Å². The van der Waals surface area contributed by atoms with E-state index in [1.807, 2.05) is 36.4 Å². The standard InChI is InChI=1S/C42H50F3NO5SSi2/c1-32-23-29-36(30-24-32)52(47,48)51-46-39(42(43,44)45)34-27-25-33(26-28-34)17-16-18-35(50-53(8,9)40(2,3)4)31-49-54(41(5,6)7,37-19-12-10-13-20-37)38-21-14-11-15-22-38/h10-15,19-30,35H,18,31H2,1-9H3/t35-/m0/s1. The summed E-state index contributed by atoms with van der Waals surface area (Å²) in [7, 11) is -9.73. The van der Waals surface area contributed by atoms with Crippen LogP contribution in [0, 0.1) is 18.8 Å². The van der Waals surface area contributed by atoms with E-state index >= 15 is 0 Å². The molecule has 1 atom stereocenters. The second-order valence-corrected chi connectivity index (χ2v) is 26.4. The van der Waals surface area contributed by atoms with Crippen LogP contribution in [-0.4, -0.2) is 49.7 Å². The Morgan fingerprint density at radius 2 is 1.28 bits per heavy atom. The van der Waals surface area contributed by atoms with Crippen LogP contribution in [-0.2, 0) is 23.3 Å². The molecule has 4 aromatic carbocycles. The highest BCUT2D eigenvalue weighted by atomic mass is 32.2. The number of hydrogen-bond donors (Lipinski definition) is 0. The van der Waals surface area contributed by atoms with Gasteiger partial charge in [-0.1, -0.05) is 149 Å². The maximum absolute atomic E-state index is 14.0. The molecule has 0 heterocycles. The first-order chi connectivity index (χ1) is 25.1. The van der Waals surface area contributed by atoms with Crippen LogP contribution in [0.5, 0.6) is 0 Å². The molecule has 0 spiro atoms. The van der Waals surface area contributed by atoms with E-state index in [-0.39, 0.29) is 26.6 Å². The largest absolute Gasteiger partial charge is 0.437 e. The molecule has 0 unspecified atom stereocenters. The Kier molecular flexibility index (Phi) is 13.3. The van der Waals surface area contributed by atoms with Crippen LogP contribution in [0.2, 0.25) is 23.2 Å². The van der Waals surface area contributed by atoms with Crippen LogP contribution in [0.25, 0.3) is 0 Å². The number of aryl methyl sites for hydroxylation is 1. The Morgan fingerprint density at radius 3 is 1.74 bits per heavy atom. The van der Waals surface area contributed by atoms with Gasteiger partial charge in [0, 0.05) is 17.5 Å².